The monoisotopic (exact) mass is 584 g/mol. The van der Waals surface area contributed by atoms with Gasteiger partial charge in [-0.3, -0.25) is 9.36 Å². The number of hydrogen-bond donors (Lipinski definition) is 2. The van der Waals surface area contributed by atoms with E-state index in [1.807, 2.05) is 4.90 Å². The Morgan fingerprint density at radius 1 is 1.02 bits per heavy atom. The van der Waals surface area contributed by atoms with E-state index in [0.29, 0.717) is 93.7 Å². The summed E-state index contributed by atoms with van der Waals surface area (Å²) in [4.78, 5) is 41.7. The molecule has 6 rings (SSSR count). The summed E-state index contributed by atoms with van der Waals surface area (Å²) in [6, 6.07) is 8.73. The lowest BCUT2D eigenvalue weighted by atomic mass is 9.85. The van der Waals surface area contributed by atoms with Gasteiger partial charge in [-0.05, 0) is 37.8 Å². The van der Waals surface area contributed by atoms with Crippen LogP contribution in [0.2, 0.25) is 0 Å². The Morgan fingerprint density at radius 2 is 1.76 bits per heavy atom. The standard InChI is InChI=1S/C28H34F2N8O4/c1-41-28(40)37-8-6-17(7-9-37)26(39)32-19-14-18(15-19)31-22-16-23(35-27(34-22)36-10-12-42-13-11-36)38-21-5-3-2-4-20(21)33-25(38)24(29)30/h2-5,16-19,24H,6-15H2,1H3,(H,32,39)(H,31,34,35). The Bertz CT molecular complexity index is 1430. The molecule has 14 heteroatoms. The topological polar surface area (TPSA) is 127 Å². The zero-order chi connectivity index (χ0) is 29.2. The summed E-state index contributed by atoms with van der Waals surface area (Å²) >= 11 is 0. The van der Waals surface area contributed by atoms with Crippen LogP contribution in [0.15, 0.2) is 30.3 Å². The number of alkyl halides is 2. The molecule has 224 valence electrons. The Balaban J connectivity index is 1.16. The first-order valence-electron chi connectivity index (χ1n) is 14.3. The maximum atomic E-state index is 14.1. The Hall–Kier alpha value is -4.07. The van der Waals surface area contributed by atoms with Crippen molar-refractivity contribution in [2.24, 2.45) is 5.92 Å². The highest BCUT2D eigenvalue weighted by atomic mass is 19.3. The SMILES string of the molecule is COC(=O)N1CCC(C(=O)NC2CC(Nc3cc(-n4c(C(F)F)nc5ccccc54)nc(N4CCOCC4)n3)C2)CC1. The lowest BCUT2D eigenvalue weighted by Crippen LogP contribution is -2.52. The number of rotatable bonds is 7. The molecule has 3 aromatic rings. The average molecular weight is 585 g/mol. The highest BCUT2D eigenvalue weighted by Gasteiger charge is 2.34. The van der Waals surface area contributed by atoms with E-state index in [1.165, 1.54) is 11.7 Å². The molecule has 1 aromatic carbocycles. The molecule has 42 heavy (non-hydrogen) atoms. The number of aromatic nitrogens is 4. The summed E-state index contributed by atoms with van der Waals surface area (Å²) in [5.41, 5.74) is 0.997. The van der Waals surface area contributed by atoms with Gasteiger partial charge in [0.2, 0.25) is 11.9 Å². The summed E-state index contributed by atoms with van der Waals surface area (Å²) in [6.45, 7) is 3.23. The van der Waals surface area contributed by atoms with Gasteiger partial charge in [0, 0.05) is 50.2 Å². The summed E-state index contributed by atoms with van der Waals surface area (Å²) in [6.07, 6.45) is -0.540. The van der Waals surface area contributed by atoms with Crippen LogP contribution in [-0.4, -0.2) is 95.0 Å². The molecule has 1 aliphatic carbocycles. The molecule has 1 saturated carbocycles. The number of likely N-dealkylation sites (tertiary alicyclic amines) is 1. The predicted molar refractivity (Wildman–Crippen MR) is 150 cm³/mol. The van der Waals surface area contributed by atoms with Crippen molar-refractivity contribution in [1.82, 2.24) is 29.7 Å². The normalized spacial score (nSPS) is 21.3. The van der Waals surface area contributed by atoms with Crippen LogP contribution < -0.4 is 15.5 Å². The van der Waals surface area contributed by atoms with Gasteiger partial charge in [0.05, 0.1) is 31.4 Å². The van der Waals surface area contributed by atoms with E-state index >= 15 is 0 Å². The molecule has 2 N–H and O–H groups in total. The number of fused-ring (bicyclic) bond motifs is 1. The molecule has 3 aliphatic rings. The minimum Gasteiger partial charge on any atom is -0.453 e. The Labute approximate surface area is 241 Å². The van der Waals surface area contributed by atoms with Crippen LogP contribution in [0.4, 0.5) is 25.3 Å². The van der Waals surface area contributed by atoms with Crippen molar-refractivity contribution in [3.8, 4) is 5.82 Å². The van der Waals surface area contributed by atoms with Crippen molar-refractivity contribution in [3.05, 3.63) is 36.2 Å². The second-order valence-corrected chi connectivity index (χ2v) is 10.9. The molecule has 0 unspecified atom stereocenters. The number of nitrogens with one attached hydrogen (secondary N) is 2. The molecule has 12 nitrogen and oxygen atoms in total. The van der Waals surface area contributed by atoms with Crippen molar-refractivity contribution in [2.45, 2.75) is 44.2 Å². The lowest BCUT2D eigenvalue weighted by Gasteiger charge is -2.38. The average Bonchev–Trinajstić information content (AvgIpc) is 3.40. The van der Waals surface area contributed by atoms with E-state index in [2.05, 4.69) is 15.6 Å². The van der Waals surface area contributed by atoms with E-state index < -0.39 is 6.43 Å². The Morgan fingerprint density at radius 3 is 2.48 bits per heavy atom. The van der Waals surface area contributed by atoms with Crippen LogP contribution in [0.1, 0.15) is 37.9 Å². The van der Waals surface area contributed by atoms with Crippen molar-refractivity contribution in [2.75, 3.05) is 56.7 Å². The van der Waals surface area contributed by atoms with Crippen LogP contribution in [0.25, 0.3) is 16.9 Å². The van der Waals surface area contributed by atoms with E-state index in [0.717, 1.165) is 0 Å². The molecule has 2 saturated heterocycles. The maximum Gasteiger partial charge on any atom is 0.409 e. The number of hydrogen-bond acceptors (Lipinski definition) is 9. The van der Waals surface area contributed by atoms with Gasteiger partial charge in [0.1, 0.15) is 11.6 Å². The van der Waals surface area contributed by atoms with Gasteiger partial charge in [-0.15, -0.1) is 0 Å². The summed E-state index contributed by atoms with van der Waals surface area (Å²) < 4.78 is 39.9. The van der Waals surface area contributed by atoms with Gasteiger partial charge in [-0.1, -0.05) is 12.1 Å². The molecule has 0 atom stereocenters. The number of anilines is 2. The predicted octanol–water partition coefficient (Wildman–Crippen LogP) is 3.13. The van der Waals surface area contributed by atoms with Crippen molar-refractivity contribution in [3.63, 3.8) is 0 Å². The summed E-state index contributed by atoms with van der Waals surface area (Å²) in [5, 5.41) is 6.56. The Kier molecular flexibility index (Phi) is 8.05. The number of amides is 2. The molecule has 4 heterocycles. The molecule has 0 spiro atoms. The van der Waals surface area contributed by atoms with E-state index in [-0.39, 0.29) is 35.8 Å². The van der Waals surface area contributed by atoms with Crippen LogP contribution >= 0.6 is 0 Å². The third-order valence-electron chi connectivity index (χ3n) is 8.14. The zero-order valence-electron chi connectivity index (χ0n) is 23.3. The lowest BCUT2D eigenvalue weighted by molar-refractivity contribution is -0.127. The minimum absolute atomic E-state index is 0.00778. The fraction of sp³-hybridized carbons (Fsp3) is 0.536. The summed E-state index contributed by atoms with van der Waals surface area (Å²) in [7, 11) is 1.36. The molecular formula is C28H34F2N8O4. The van der Waals surface area contributed by atoms with Crippen LogP contribution in [0.5, 0.6) is 0 Å². The second kappa shape index (κ2) is 12.0. The molecule has 3 fully saturated rings. The van der Waals surface area contributed by atoms with Crippen molar-refractivity contribution in [1.29, 1.82) is 0 Å². The highest BCUT2D eigenvalue weighted by molar-refractivity contribution is 5.80. The minimum atomic E-state index is -2.79. The van der Waals surface area contributed by atoms with Crippen LogP contribution in [0.3, 0.4) is 0 Å². The largest absolute Gasteiger partial charge is 0.453 e. The van der Waals surface area contributed by atoms with Gasteiger partial charge in [0.15, 0.2) is 5.82 Å². The maximum absolute atomic E-state index is 14.1. The molecule has 0 bridgehead atoms. The van der Waals surface area contributed by atoms with Crippen molar-refractivity contribution >= 4 is 34.8 Å². The summed E-state index contributed by atoms with van der Waals surface area (Å²) in [5.74, 6) is 0.752. The third-order valence-corrected chi connectivity index (χ3v) is 8.14. The first-order chi connectivity index (χ1) is 20.4. The van der Waals surface area contributed by atoms with Crippen LogP contribution in [-0.2, 0) is 14.3 Å². The number of morpholine rings is 1. The van der Waals surface area contributed by atoms with Gasteiger partial charge in [-0.2, -0.15) is 9.97 Å². The molecule has 2 aliphatic heterocycles. The first-order valence-corrected chi connectivity index (χ1v) is 14.3. The third kappa shape index (κ3) is 5.80. The highest BCUT2D eigenvalue weighted by Crippen LogP contribution is 2.31. The number of para-hydroxylation sites is 2. The smallest absolute Gasteiger partial charge is 0.409 e. The van der Waals surface area contributed by atoms with E-state index in [9.17, 15) is 18.4 Å². The first kappa shape index (κ1) is 28.1. The van der Waals surface area contributed by atoms with Gasteiger partial charge in [-0.25, -0.2) is 18.6 Å². The number of methoxy groups -OCH3 is 1. The van der Waals surface area contributed by atoms with Crippen LogP contribution in [0, 0.1) is 5.92 Å². The van der Waals surface area contributed by atoms with Crippen molar-refractivity contribution < 1.29 is 27.8 Å². The number of carbonyl (C=O) groups excluding carboxylic acids is 2. The fourth-order valence-corrected chi connectivity index (χ4v) is 5.78. The fourth-order valence-electron chi connectivity index (χ4n) is 5.78. The number of benzene rings is 1. The number of carbonyl (C=O) groups is 2. The zero-order valence-corrected chi connectivity index (χ0v) is 23.3. The number of halogens is 2. The number of imidazole rings is 1. The van der Waals surface area contributed by atoms with E-state index in [1.54, 1.807) is 35.2 Å². The number of piperidine rings is 1. The second-order valence-electron chi connectivity index (χ2n) is 10.9. The molecule has 2 aromatic heterocycles. The molecular weight excluding hydrogens is 550 g/mol. The molecule has 0 radical (unpaired) electrons. The van der Waals surface area contributed by atoms with Gasteiger partial charge >= 0.3 is 6.09 Å². The van der Waals surface area contributed by atoms with E-state index in [4.69, 9.17) is 19.4 Å². The van der Waals surface area contributed by atoms with Gasteiger partial charge in [0.25, 0.3) is 6.43 Å². The number of ether oxygens (including phenoxy) is 2. The number of nitrogens with zero attached hydrogens (tertiary/aromatic N) is 6. The quantitative estimate of drug-likeness (QED) is 0.431. The van der Waals surface area contributed by atoms with Gasteiger partial charge < -0.3 is 29.9 Å². The molecule has 2 amide bonds.